The average Bonchev–Trinajstić information content (AvgIpc) is 2.76. The first-order chi connectivity index (χ1) is 8.10. The molecule has 0 bridgehead atoms. The third-order valence-electron chi connectivity index (χ3n) is 3.36. The summed E-state index contributed by atoms with van der Waals surface area (Å²) in [6, 6.07) is 0.127. The van der Waals surface area contributed by atoms with Crippen molar-refractivity contribution in [2.24, 2.45) is 11.8 Å². The molecule has 3 N–H and O–H groups in total. The van der Waals surface area contributed by atoms with E-state index in [2.05, 4.69) is 10.6 Å². The number of rotatable bonds is 6. The van der Waals surface area contributed by atoms with E-state index in [1.807, 2.05) is 20.9 Å². The summed E-state index contributed by atoms with van der Waals surface area (Å²) in [6.45, 7) is 5.24. The normalized spacial score (nSPS) is 26.2. The summed E-state index contributed by atoms with van der Waals surface area (Å²) >= 11 is 0. The van der Waals surface area contributed by atoms with Crippen molar-refractivity contribution in [2.45, 2.75) is 32.4 Å². The van der Waals surface area contributed by atoms with Crippen molar-refractivity contribution >= 4 is 5.91 Å². The van der Waals surface area contributed by atoms with Gasteiger partial charge < -0.3 is 20.5 Å². The molecule has 0 radical (unpaired) electrons. The number of ether oxygens (including phenoxy) is 1. The molecule has 0 aromatic heterocycles. The summed E-state index contributed by atoms with van der Waals surface area (Å²) in [4.78, 5) is 12.1. The molecule has 0 saturated carbocycles. The van der Waals surface area contributed by atoms with Gasteiger partial charge in [-0.05, 0) is 19.4 Å². The van der Waals surface area contributed by atoms with Crippen LogP contribution >= 0.6 is 0 Å². The van der Waals surface area contributed by atoms with E-state index in [4.69, 9.17) is 9.84 Å². The Hall–Kier alpha value is -0.650. The van der Waals surface area contributed by atoms with Crippen LogP contribution in [0.15, 0.2) is 0 Å². The predicted octanol–water partition coefficient (Wildman–Crippen LogP) is -0.256. The highest BCUT2D eigenvalue weighted by Crippen LogP contribution is 2.15. The monoisotopic (exact) mass is 244 g/mol. The van der Waals surface area contributed by atoms with Gasteiger partial charge in [0.2, 0.25) is 5.91 Å². The molecule has 1 aliphatic rings. The van der Waals surface area contributed by atoms with Gasteiger partial charge in [-0.25, -0.2) is 0 Å². The Labute approximate surface area is 103 Å². The molecule has 17 heavy (non-hydrogen) atoms. The van der Waals surface area contributed by atoms with E-state index in [1.54, 1.807) is 0 Å². The lowest BCUT2D eigenvalue weighted by Gasteiger charge is -2.24. The highest BCUT2D eigenvalue weighted by atomic mass is 16.5. The van der Waals surface area contributed by atoms with Crippen molar-refractivity contribution < 1.29 is 14.6 Å². The molecule has 1 fully saturated rings. The number of carbonyl (C=O) groups is 1. The fourth-order valence-electron chi connectivity index (χ4n) is 2.10. The summed E-state index contributed by atoms with van der Waals surface area (Å²) in [5.41, 5.74) is 0. The van der Waals surface area contributed by atoms with E-state index in [9.17, 15) is 4.79 Å². The van der Waals surface area contributed by atoms with Gasteiger partial charge in [0.25, 0.3) is 0 Å². The van der Waals surface area contributed by atoms with E-state index >= 15 is 0 Å². The minimum absolute atomic E-state index is 0.0222. The second-order valence-electron chi connectivity index (χ2n) is 4.91. The largest absolute Gasteiger partial charge is 0.396 e. The summed E-state index contributed by atoms with van der Waals surface area (Å²) in [6.07, 6.45) is 0.598. The van der Waals surface area contributed by atoms with Crippen LogP contribution in [0.2, 0.25) is 0 Å². The molecule has 5 nitrogen and oxygen atoms in total. The van der Waals surface area contributed by atoms with E-state index in [1.165, 1.54) is 0 Å². The molecule has 1 aliphatic heterocycles. The zero-order chi connectivity index (χ0) is 12.8. The van der Waals surface area contributed by atoms with Crippen LogP contribution in [0.25, 0.3) is 0 Å². The molecule has 0 aromatic rings. The van der Waals surface area contributed by atoms with E-state index in [-0.39, 0.29) is 30.5 Å². The maximum Gasteiger partial charge on any atom is 0.227 e. The Morgan fingerprint density at radius 3 is 2.71 bits per heavy atom. The number of hydrogen-bond donors (Lipinski definition) is 3. The molecule has 0 aromatic carbocycles. The van der Waals surface area contributed by atoms with Crippen molar-refractivity contribution in [1.29, 1.82) is 0 Å². The van der Waals surface area contributed by atoms with Crippen LogP contribution in [-0.4, -0.2) is 50.0 Å². The maximum absolute atomic E-state index is 12.1. The molecule has 5 heteroatoms. The Morgan fingerprint density at radius 1 is 1.47 bits per heavy atom. The quantitative estimate of drug-likeness (QED) is 0.602. The number of amides is 1. The fraction of sp³-hybridized carbons (Fsp3) is 0.917. The summed E-state index contributed by atoms with van der Waals surface area (Å²) in [5, 5.41) is 15.1. The van der Waals surface area contributed by atoms with Gasteiger partial charge >= 0.3 is 0 Å². The molecule has 0 aliphatic carbocycles. The van der Waals surface area contributed by atoms with Crippen LogP contribution in [0, 0.1) is 11.8 Å². The third-order valence-corrected chi connectivity index (χ3v) is 3.36. The highest BCUT2D eigenvalue weighted by Gasteiger charge is 2.34. The first-order valence-corrected chi connectivity index (χ1v) is 6.26. The van der Waals surface area contributed by atoms with Crippen LogP contribution in [0.1, 0.15) is 20.3 Å². The van der Waals surface area contributed by atoms with Crippen molar-refractivity contribution in [3.63, 3.8) is 0 Å². The van der Waals surface area contributed by atoms with Gasteiger partial charge in [0, 0.05) is 18.7 Å². The Balaban J connectivity index is 2.51. The number of aliphatic hydroxyl groups is 1. The zero-order valence-electron chi connectivity index (χ0n) is 10.9. The third kappa shape index (κ3) is 3.94. The molecule has 1 saturated heterocycles. The summed E-state index contributed by atoms with van der Waals surface area (Å²) < 4.78 is 5.31. The van der Waals surface area contributed by atoms with Crippen molar-refractivity contribution in [3.8, 4) is 0 Å². The molecular weight excluding hydrogens is 220 g/mol. The minimum atomic E-state index is -0.125. The molecule has 1 amide bonds. The van der Waals surface area contributed by atoms with Crippen LogP contribution in [0.3, 0.4) is 0 Å². The highest BCUT2D eigenvalue weighted by molar-refractivity contribution is 5.80. The lowest BCUT2D eigenvalue weighted by molar-refractivity contribution is -0.126. The molecule has 100 valence electrons. The van der Waals surface area contributed by atoms with Crippen molar-refractivity contribution in [3.05, 3.63) is 0 Å². The second-order valence-corrected chi connectivity index (χ2v) is 4.91. The Kier molecular flexibility index (Phi) is 5.88. The fourth-order valence-corrected chi connectivity index (χ4v) is 2.10. The van der Waals surface area contributed by atoms with Gasteiger partial charge in [-0.15, -0.1) is 0 Å². The van der Waals surface area contributed by atoms with Crippen LogP contribution in [0.5, 0.6) is 0 Å². The van der Waals surface area contributed by atoms with Gasteiger partial charge in [0.05, 0.1) is 19.1 Å². The number of carbonyl (C=O) groups excluding carboxylic acids is 1. The van der Waals surface area contributed by atoms with Crippen molar-refractivity contribution in [2.75, 3.05) is 26.9 Å². The average molecular weight is 244 g/mol. The SMILES string of the molecule is CNC1COCC1C(=O)NC(CCO)C(C)C. The predicted molar refractivity (Wildman–Crippen MR) is 65.6 cm³/mol. The maximum atomic E-state index is 12.1. The Bertz CT molecular complexity index is 246. The van der Waals surface area contributed by atoms with Gasteiger partial charge in [-0.1, -0.05) is 13.8 Å². The first kappa shape index (κ1) is 14.4. The zero-order valence-corrected chi connectivity index (χ0v) is 10.9. The molecule has 1 heterocycles. The van der Waals surface area contributed by atoms with E-state index in [0.29, 0.717) is 25.6 Å². The number of likely N-dealkylation sites (N-methyl/N-ethyl adjacent to an activating group) is 1. The minimum Gasteiger partial charge on any atom is -0.396 e. The van der Waals surface area contributed by atoms with Crippen LogP contribution in [0.4, 0.5) is 0 Å². The smallest absolute Gasteiger partial charge is 0.227 e. The number of nitrogens with one attached hydrogen (secondary N) is 2. The van der Waals surface area contributed by atoms with Gasteiger partial charge in [-0.2, -0.15) is 0 Å². The molecule has 3 atom stereocenters. The van der Waals surface area contributed by atoms with E-state index < -0.39 is 0 Å². The van der Waals surface area contributed by atoms with Crippen LogP contribution < -0.4 is 10.6 Å². The lowest BCUT2D eigenvalue weighted by atomic mass is 9.98. The molecule has 1 rings (SSSR count). The topological polar surface area (TPSA) is 70.6 Å². The van der Waals surface area contributed by atoms with Gasteiger partial charge in [0.15, 0.2) is 0 Å². The van der Waals surface area contributed by atoms with Gasteiger partial charge in [0.1, 0.15) is 0 Å². The Morgan fingerprint density at radius 2 is 2.18 bits per heavy atom. The first-order valence-electron chi connectivity index (χ1n) is 6.26. The summed E-state index contributed by atoms with van der Waals surface area (Å²) in [7, 11) is 1.84. The standard InChI is InChI=1S/C12H24N2O3/c1-8(2)10(4-5-15)14-12(16)9-6-17-7-11(9)13-3/h8-11,13,15H,4-7H2,1-3H3,(H,14,16). The van der Waals surface area contributed by atoms with Gasteiger partial charge in [-0.3, -0.25) is 4.79 Å². The second kappa shape index (κ2) is 6.93. The van der Waals surface area contributed by atoms with Crippen molar-refractivity contribution in [1.82, 2.24) is 10.6 Å². The number of hydrogen-bond acceptors (Lipinski definition) is 4. The molecule has 3 unspecified atom stereocenters. The van der Waals surface area contributed by atoms with E-state index in [0.717, 1.165) is 0 Å². The van der Waals surface area contributed by atoms with Crippen LogP contribution in [-0.2, 0) is 9.53 Å². The molecule has 0 spiro atoms. The lowest BCUT2D eigenvalue weighted by Crippen LogP contribution is -2.47. The number of aliphatic hydroxyl groups excluding tert-OH is 1. The molecular formula is C12H24N2O3. The summed E-state index contributed by atoms with van der Waals surface area (Å²) in [5.74, 6) is 0.218.